The van der Waals surface area contributed by atoms with Gasteiger partial charge in [-0.25, -0.2) is 54.8 Å². The van der Waals surface area contributed by atoms with Crippen LogP contribution in [0.5, 0.6) is 0 Å². The number of rotatable bonds is 25. The van der Waals surface area contributed by atoms with Crippen LogP contribution >= 0.6 is 0 Å². The standard InChI is InChI=1S/C21H20N10.C19H18N10.C18H16N10.C18H19N9.C16H17N11/c1-14-16(12-23)21(30-9-5-6-10-30)27-19(24-2)18(14)28-29-20-15(11-22)13-26-31(20)17-7-3-4-8-25-17;1-12-14(10-21)19(28(3)4)25-17(22-2)16(12)26-27-18-13(9-20)11-24-29(18)15-7-5-6-8-23-15;1-11-13(9-20)16(21-2)25-17(22-3)15(11)26-27-18-12(8-19)10-24-28(18)14-6-4-5-7-23-14;1-12-9-15(26(3)4)23-17(20-2)16(12)24-25-18-13(10-19)11-22-27(18)14-7-5-6-8-21-14;1-10-12(14(26(3)4)23-15(18-2)22-10)24-25-13-11(8-17)9-21-27(13)16-19-6-5-7-20-16/h3-4,7-8,13H,5-6,9-10H2,1-2H3,(H,24,27);5-8,11H,1-4H3,(H,22,25);4-7,10H,1-3H3,(H2,21,22,25);5-9,11H,1-4H3,(H,20,23);5-7,9H,1-4H3,(H,18,22,23). The maximum Gasteiger partial charge on any atom is 0.252 e. The topological polar surface area (TPSA) is 643 Å². The summed E-state index contributed by atoms with van der Waals surface area (Å²) in [5.41, 5.74) is 8.38. The van der Waals surface area contributed by atoms with E-state index < -0.39 is 0 Å². The zero-order valence-electron chi connectivity index (χ0n) is 79.9. The number of aromatic nitrogens is 22. The largest absolute Gasteiger partial charge is 0.372 e. The third kappa shape index (κ3) is 22.5. The maximum atomic E-state index is 9.80. The van der Waals surface area contributed by atoms with Crippen molar-refractivity contribution in [3.8, 4) is 77.8 Å². The van der Waals surface area contributed by atoms with E-state index in [4.69, 9.17) is 0 Å². The average molecular weight is 1900 g/mol. The lowest BCUT2D eigenvalue weighted by molar-refractivity contribution is 0.802. The maximum absolute atomic E-state index is 9.80. The summed E-state index contributed by atoms with van der Waals surface area (Å²) in [7, 11) is 21.5. The third-order valence-corrected chi connectivity index (χ3v) is 20.6. The Balaban J connectivity index is 0.000000159. The first kappa shape index (κ1) is 100. The first-order chi connectivity index (χ1) is 68.9. The predicted octanol–water partition coefficient (Wildman–Crippen LogP) is 15.7. The van der Waals surface area contributed by atoms with E-state index in [2.05, 4.69) is 210 Å². The van der Waals surface area contributed by atoms with Crippen LogP contribution < -0.4 is 51.5 Å². The molecule has 142 heavy (non-hydrogen) atoms. The van der Waals surface area contributed by atoms with Gasteiger partial charge in [-0.3, -0.25) is 0 Å². The molecule has 0 radical (unpaired) electrons. The Morgan fingerprint density at radius 3 is 1.02 bits per heavy atom. The Morgan fingerprint density at radius 2 is 0.662 bits per heavy atom. The quantitative estimate of drug-likeness (QED) is 0.0289. The fourth-order valence-corrected chi connectivity index (χ4v) is 13.5. The van der Waals surface area contributed by atoms with Crippen molar-refractivity contribution in [2.75, 3.05) is 149 Å². The van der Waals surface area contributed by atoms with E-state index in [1.54, 1.807) is 159 Å². The van der Waals surface area contributed by atoms with Gasteiger partial charge in [0, 0.05) is 152 Å². The SMILES string of the molecule is CNc1nc(C)c(N=Nc2c(C#N)cnn2-c2ncccn2)c(N(C)C)n1.CNc1nc(N(C)C)c(C#N)c(C)c1N=Nc1c(C#N)cnn1-c1ccccn1.CNc1nc(N(C)C)cc(C)c1N=Nc1c(C#N)cnn1-c1ccccn1.CNc1nc(N2CCCC2)c(C#N)c(C)c1N=Nc1c(C#N)cnn1-c1ccccn1.CNc1nc(NC)c(N=Nc2c(C#N)cnn2-c2ccccn2)c(C)c1C#N. The molecule has 15 aromatic rings. The van der Waals surface area contributed by atoms with Gasteiger partial charge in [0.2, 0.25) is 5.95 Å². The van der Waals surface area contributed by atoms with Gasteiger partial charge in [0.25, 0.3) is 5.95 Å². The molecular formula is C92H90N50. The molecular weight excluding hydrogens is 1810 g/mol. The van der Waals surface area contributed by atoms with E-state index >= 15 is 0 Å². The average Bonchev–Trinajstić information content (AvgIpc) is 1.49. The molecule has 0 saturated carbocycles. The number of hydrogen-bond donors (Lipinski definition) is 6. The summed E-state index contributed by atoms with van der Waals surface area (Å²) in [6.07, 6.45) is 18.9. The van der Waals surface area contributed by atoms with Gasteiger partial charge in [-0.1, -0.05) is 24.3 Å². The summed E-state index contributed by atoms with van der Waals surface area (Å²) < 4.78 is 7.15. The van der Waals surface area contributed by atoms with Crippen molar-refractivity contribution in [2.45, 2.75) is 47.5 Å². The molecule has 1 aliphatic rings. The van der Waals surface area contributed by atoms with Gasteiger partial charge in [0.05, 0.1) is 53.4 Å². The molecule has 0 spiro atoms. The van der Waals surface area contributed by atoms with E-state index in [1.807, 2.05) is 109 Å². The van der Waals surface area contributed by atoms with Crippen LogP contribution in [0.25, 0.3) is 29.2 Å². The van der Waals surface area contributed by atoms with Gasteiger partial charge in [0.1, 0.15) is 128 Å². The number of nitrogens with zero attached hydrogens (tertiary/aromatic N) is 44. The number of azo groups is 5. The molecule has 0 bridgehead atoms. The van der Waals surface area contributed by atoms with Crippen molar-refractivity contribution in [1.29, 1.82) is 42.1 Å². The van der Waals surface area contributed by atoms with Gasteiger partial charge in [0.15, 0.2) is 81.5 Å². The number of pyridine rings is 8. The van der Waals surface area contributed by atoms with Gasteiger partial charge >= 0.3 is 0 Å². The highest BCUT2D eigenvalue weighted by molar-refractivity contribution is 5.78. The van der Waals surface area contributed by atoms with Gasteiger partial charge < -0.3 is 51.5 Å². The molecule has 1 aliphatic heterocycles. The monoisotopic (exact) mass is 1890 g/mol. The van der Waals surface area contributed by atoms with Gasteiger partial charge in [-0.2, -0.15) is 96.0 Å². The number of nitriles is 8. The zero-order chi connectivity index (χ0) is 102. The van der Waals surface area contributed by atoms with E-state index in [0.717, 1.165) is 37.3 Å². The second-order valence-corrected chi connectivity index (χ2v) is 30.3. The summed E-state index contributed by atoms with van der Waals surface area (Å²) >= 11 is 0. The minimum absolute atomic E-state index is 0.227. The first-order valence-electron chi connectivity index (χ1n) is 42.9. The Kier molecular flexibility index (Phi) is 33.4. The molecule has 16 heterocycles. The molecule has 1 saturated heterocycles. The first-order valence-corrected chi connectivity index (χ1v) is 42.9. The highest BCUT2D eigenvalue weighted by atomic mass is 15.4. The highest BCUT2D eigenvalue weighted by Gasteiger charge is 2.28. The van der Waals surface area contributed by atoms with Crippen LogP contribution in [0.2, 0.25) is 0 Å². The second kappa shape index (κ2) is 47.3. The Bertz CT molecular complexity index is 7570. The molecule has 50 nitrogen and oxygen atoms in total. The van der Waals surface area contributed by atoms with Crippen molar-refractivity contribution >= 4 is 116 Å². The highest BCUT2D eigenvalue weighted by Crippen LogP contribution is 2.42. The zero-order valence-corrected chi connectivity index (χ0v) is 79.9. The molecule has 16 rings (SSSR count). The van der Waals surface area contributed by atoms with Crippen LogP contribution in [0.3, 0.4) is 0 Å². The normalized spacial score (nSPS) is 11.2. The van der Waals surface area contributed by atoms with Crippen molar-refractivity contribution in [3.63, 3.8) is 0 Å². The lowest BCUT2D eigenvalue weighted by atomic mass is 10.1. The van der Waals surface area contributed by atoms with Crippen LogP contribution in [-0.2, 0) is 0 Å². The molecule has 0 unspecified atom stereocenters. The molecule has 0 aromatic carbocycles. The van der Waals surface area contributed by atoms with Crippen LogP contribution in [0.4, 0.5) is 116 Å². The predicted molar refractivity (Wildman–Crippen MR) is 528 cm³/mol. The fraction of sp³-hybridized carbons (Fsp3) is 0.228. The molecule has 0 aliphatic carbocycles. The van der Waals surface area contributed by atoms with E-state index in [0.29, 0.717) is 161 Å². The summed E-state index contributed by atoms with van der Waals surface area (Å²) in [6, 6.07) is 42.0. The lowest BCUT2D eigenvalue weighted by Crippen LogP contribution is -2.21. The summed E-state index contributed by atoms with van der Waals surface area (Å²) in [5, 5.41) is 158. The van der Waals surface area contributed by atoms with E-state index in [-0.39, 0.29) is 45.5 Å². The summed E-state index contributed by atoms with van der Waals surface area (Å²) in [4.78, 5) is 59.7. The van der Waals surface area contributed by atoms with E-state index in [9.17, 15) is 42.1 Å². The van der Waals surface area contributed by atoms with Crippen LogP contribution in [-0.4, -0.2) is 206 Å². The van der Waals surface area contributed by atoms with Crippen molar-refractivity contribution in [3.05, 3.63) is 226 Å². The Hall–Kier alpha value is -20.7. The number of anilines is 10. The Morgan fingerprint density at radius 1 is 0.317 bits per heavy atom. The van der Waals surface area contributed by atoms with Crippen molar-refractivity contribution in [1.82, 2.24) is 109 Å². The summed E-state index contributed by atoms with van der Waals surface area (Å²) in [6.45, 7) is 10.9. The molecule has 0 atom stereocenters. The van der Waals surface area contributed by atoms with Gasteiger partial charge in [-0.05, 0) is 114 Å². The number of nitrogens with one attached hydrogen (secondary N) is 6. The minimum atomic E-state index is 0.227. The lowest BCUT2D eigenvalue weighted by Gasteiger charge is -2.21. The van der Waals surface area contributed by atoms with Gasteiger partial charge in [-0.15, -0.1) is 51.1 Å². The summed E-state index contributed by atoms with van der Waals surface area (Å²) in [5.74, 6) is 9.21. The molecule has 15 aromatic heterocycles. The number of hydrogen-bond acceptors (Lipinski definition) is 45. The minimum Gasteiger partial charge on any atom is -0.372 e. The van der Waals surface area contributed by atoms with Crippen LogP contribution in [0.15, 0.2) is 204 Å². The fourth-order valence-electron chi connectivity index (χ4n) is 13.5. The molecule has 1 fully saturated rings. The molecule has 6 N–H and O–H groups in total. The molecule has 708 valence electrons. The van der Waals surface area contributed by atoms with Crippen LogP contribution in [0, 0.1) is 125 Å². The van der Waals surface area contributed by atoms with Crippen LogP contribution in [0.1, 0.15) is 85.3 Å². The Labute approximate surface area is 813 Å². The third-order valence-electron chi connectivity index (χ3n) is 20.6. The number of aryl methyl sites for hydroxylation is 2. The second-order valence-electron chi connectivity index (χ2n) is 30.3. The smallest absolute Gasteiger partial charge is 0.252 e. The molecule has 0 amide bonds. The van der Waals surface area contributed by atoms with Crippen molar-refractivity contribution < 1.29 is 0 Å². The van der Waals surface area contributed by atoms with E-state index in [1.165, 1.54) is 54.4 Å². The van der Waals surface area contributed by atoms with Crippen molar-refractivity contribution in [2.24, 2.45) is 51.1 Å². The molecule has 50 heteroatoms.